The Morgan fingerprint density at radius 1 is 1.45 bits per heavy atom. The number of rotatable bonds is 5. The van der Waals surface area contributed by atoms with Gasteiger partial charge in [-0.2, -0.15) is 0 Å². The first kappa shape index (κ1) is 11.0. The van der Waals surface area contributed by atoms with E-state index in [0.717, 1.165) is 23.1 Å². The molecule has 0 aliphatic heterocycles. The van der Waals surface area contributed by atoms with Crippen molar-refractivity contribution < 1.29 is 0 Å². The molecule has 0 aromatic rings. The first-order valence-electron chi connectivity index (χ1n) is 4.37. The Kier molecular flexibility index (Phi) is 6.73. The Bertz CT molecular complexity index is 110. The van der Waals surface area contributed by atoms with Gasteiger partial charge in [0.15, 0.2) is 0 Å². The van der Waals surface area contributed by atoms with Crippen molar-refractivity contribution in [3.05, 3.63) is 0 Å². The summed E-state index contributed by atoms with van der Waals surface area (Å²) in [7, 11) is 0. The van der Waals surface area contributed by atoms with E-state index in [-0.39, 0.29) is 0 Å². The molecule has 0 aromatic heterocycles. The van der Waals surface area contributed by atoms with E-state index < -0.39 is 0 Å². The van der Waals surface area contributed by atoms with Crippen LogP contribution in [0.4, 0.5) is 0 Å². The molecule has 0 amide bonds. The molecule has 0 radical (unpaired) electrons. The molecule has 0 saturated carbocycles. The predicted octanol–water partition coefficient (Wildman–Crippen LogP) is 3.54. The van der Waals surface area contributed by atoms with E-state index in [9.17, 15) is 0 Å². The number of nitrogens with one attached hydrogen (secondary N) is 1. The predicted molar refractivity (Wildman–Crippen MR) is 54.5 cm³/mol. The highest BCUT2D eigenvalue weighted by Crippen LogP contribution is 2.11. The van der Waals surface area contributed by atoms with Gasteiger partial charge >= 0.3 is 0 Å². The molecule has 0 aromatic carbocycles. The molecule has 0 fully saturated rings. The van der Waals surface area contributed by atoms with Crippen LogP contribution in [0, 0.1) is 11.3 Å². The summed E-state index contributed by atoms with van der Waals surface area (Å²) in [6.45, 7) is 6.53. The molecule has 0 aliphatic rings. The second kappa shape index (κ2) is 6.71. The van der Waals surface area contributed by atoms with E-state index in [4.69, 9.17) is 5.41 Å². The van der Waals surface area contributed by atoms with Gasteiger partial charge in [0.25, 0.3) is 0 Å². The van der Waals surface area contributed by atoms with Gasteiger partial charge in [-0.25, -0.2) is 0 Å². The van der Waals surface area contributed by atoms with Gasteiger partial charge in [-0.3, -0.25) is 5.41 Å². The molecule has 0 bridgehead atoms. The molecule has 0 aliphatic carbocycles. The molecule has 0 heterocycles. The van der Waals surface area contributed by atoms with Gasteiger partial charge in [-0.05, 0) is 24.5 Å². The maximum atomic E-state index is 7.39. The van der Waals surface area contributed by atoms with Crippen molar-refractivity contribution in [2.24, 2.45) is 5.92 Å². The van der Waals surface area contributed by atoms with Crippen LogP contribution in [-0.4, -0.2) is 10.8 Å². The third kappa shape index (κ3) is 7.92. The first-order valence-corrected chi connectivity index (χ1v) is 5.35. The van der Waals surface area contributed by atoms with Crippen molar-refractivity contribution in [1.29, 1.82) is 5.41 Å². The summed E-state index contributed by atoms with van der Waals surface area (Å²) in [5, 5.41) is 8.21. The lowest BCUT2D eigenvalue weighted by atomic mass is 10.1. The lowest BCUT2D eigenvalue weighted by Gasteiger charge is -2.03. The van der Waals surface area contributed by atoms with Crippen LogP contribution in [0.1, 0.15) is 40.0 Å². The monoisotopic (exact) mass is 173 g/mol. The highest BCUT2D eigenvalue weighted by molar-refractivity contribution is 8.13. The molecule has 0 spiro atoms. The average molecular weight is 173 g/mol. The van der Waals surface area contributed by atoms with Crippen LogP contribution in [0.5, 0.6) is 0 Å². The van der Waals surface area contributed by atoms with Crippen LogP contribution in [0.3, 0.4) is 0 Å². The fourth-order valence-electron chi connectivity index (χ4n) is 0.789. The SMILES string of the molecule is CCC(=N)SCCCC(C)C. The summed E-state index contributed by atoms with van der Waals surface area (Å²) in [5.41, 5.74) is 0. The summed E-state index contributed by atoms with van der Waals surface area (Å²) in [5.74, 6) is 1.94. The summed E-state index contributed by atoms with van der Waals surface area (Å²) < 4.78 is 0. The summed E-state index contributed by atoms with van der Waals surface area (Å²) in [6.07, 6.45) is 3.45. The van der Waals surface area contributed by atoms with Gasteiger partial charge in [-0.1, -0.05) is 27.2 Å². The van der Waals surface area contributed by atoms with E-state index >= 15 is 0 Å². The standard InChI is InChI=1S/C9H19NS/c1-4-9(10)11-7-5-6-8(2)3/h8,10H,4-7H2,1-3H3. The highest BCUT2D eigenvalue weighted by Gasteiger charge is 1.96. The van der Waals surface area contributed by atoms with Crippen molar-refractivity contribution in [2.45, 2.75) is 40.0 Å². The Balaban J connectivity index is 3.08. The van der Waals surface area contributed by atoms with E-state index in [2.05, 4.69) is 13.8 Å². The minimum absolute atomic E-state index is 0.811. The van der Waals surface area contributed by atoms with Gasteiger partial charge in [0, 0.05) is 0 Å². The van der Waals surface area contributed by atoms with Gasteiger partial charge in [-0.15, -0.1) is 11.8 Å². The van der Waals surface area contributed by atoms with Crippen molar-refractivity contribution in [1.82, 2.24) is 0 Å². The van der Waals surface area contributed by atoms with Gasteiger partial charge in [0.2, 0.25) is 0 Å². The van der Waals surface area contributed by atoms with Crippen LogP contribution in [0.2, 0.25) is 0 Å². The van der Waals surface area contributed by atoms with Crippen LogP contribution >= 0.6 is 11.8 Å². The maximum absolute atomic E-state index is 7.39. The molecule has 0 rings (SSSR count). The molecular weight excluding hydrogens is 154 g/mol. The zero-order valence-electron chi connectivity index (χ0n) is 7.81. The second-order valence-corrected chi connectivity index (χ2v) is 4.35. The summed E-state index contributed by atoms with van der Waals surface area (Å²) in [6, 6.07) is 0. The zero-order valence-corrected chi connectivity index (χ0v) is 8.63. The summed E-state index contributed by atoms with van der Waals surface area (Å²) >= 11 is 1.70. The average Bonchev–Trinajstić information content (AvgIpc) is 1.97. The highest BCUT2D eigenvalue weighted by atomic mass is 32.2. The molecule has 0 atom stereocenters. The van der Waals surface area contributed by atoms with Gasteiger partial charge in [0.05, 0.1) is 5.04 Å². The normalized spacial score (nSPS) is 10.5. The minimum atomic E-state index is 0.811. The molecule has 1 nitrogen and oxygen atoms in total. The summed E-state index contributed by atoms with van der Waals surface area (Å²) in [4.78, 5) is 0. The molecule has 0 saturated heterocycles. The van der Waals surface area contributed by atoms with E-state index in [1.165, 1.54) is 12.8 Å². The van der Waals surface area contributed by atoms with Crippen molar-refractivity contribution in [3.8, 4) is 0 Å². The largest absolute Gasteiger partial charge is 0.298 e. The Morgan fingerprint density at radius 3 is 2.55 bits per heavy atom. The van der Waals surface area contributed by atoms with Crippen LogP contribution < -0.4 is 0 Å². The third-order valence-corrected chi connectivity index (χ3v) is 2.65. The van der Waals surface area contributed by atoms with Crippen LogP contribution in [-0.2, 0) is 0 Å². The Hall–Kier alpha value is 0.0200. The lowest BCUT2D eigenvalue weighted by molar-refractivity contribution is 0.579. The maximum Gasteiger partial charge on any atom is 0.0638 e. The Morgan fingerprint density at radius 2 is 2.09 bits per heavy atom. The van der Waals surface area contributed by atoms with E-state index in [0.29, 0.717) is 0 Å². The lowest BCUT2D eigenvalue weighted by Crippen LogP contribution is -1.92. The fraction of sp³-hybridized carbons (Fsp3) is 0.889. The number of thioether (sulfide) groups is 1. The van der Waals surface area contributed by atoms with E-state index in [1.807, 2.05) is 6.92 Å². The topological polar surface area (TPSA) is 23.9 Å². The number of hydrogen-bond acceptors (Lipinski definition) is 2. The van der Waals surface area contributed by atoms with Crippen LogP contribution in [0.15, 0.2) is 0 Å². The second-order valence-electron chi connectivity index (χ2n) is 3.16. The molecule has 1 N–H and O–H groups in total. The van der Waals surface area contributed by atoms with Gasteiger partial charge in [0.1, 0.15) is 0 Å². The smallest absolute Gasteiger partial charge is 0.0638 e. The molecule has 2 heteroatoms. The molecule has 11 heavy (non-hydrogen) atoms. The van der Waals surface area contributed by atoms with Crippen molar-refractivity contribution in [2.75, 3.05) is 5.75 Å². The molecule has 0 unspecified atom stereocenters. The molecule has 66 valence electrons. The first-order chi connectivity index (χ1) is 5.16. The quantitative estimate of drug-likeness (QED) is 0.384. The third-order valence-electron chi connectivity index (χ3n) is 1.52. The van der Waals surface area contributed by atoms with Gasteiger partial charge < -0.3 is 0 Å². The van der Waals surface area contributed by atoms with Crippen LogP contribution in [0.25, 0.3) is 0 Å². The van der Waals surface area contributed by atoms with Crippen molar-refractivity contribution >= 4 is 16.8 Å². The Labute approximate surface area is 74.5 Å². The fourth-order valence-corrected chi connectivity index (χ4v) is 1.55. The number of hydrogen-bond donors (Lipinski definition) is 1. The molecular formula is C9H19NS. The minimum Gasteiger partial charge on any atom is -0.298 e. The van der Waals surface area contributed by atoms with Crippen molar-refractivity contribution in [3.63, 3.8) is 0 Å². The van der Waals surface area contributed by atoms with E-state index in [1.54, 1.807) is 11.8 Å². The zero-order chi connectivity index (χ0) is 8.69.